The molecule has 0 amide bonds. The maximum atomic E-state index is 5.01. The molecule has 0 aromatic carbocycles. The molecule has 4 heteroatoms. The molecule has 0 N–H and O–H groups in total. The van der Waals surface area contributed by atoms with E-state index < -0.39 is 0 Å². The first-order chi connectivity index (χ1) is 7.69. The van der Waals surface area contributed by atoms with Gasteiger partial charge in [0.2, 0.25) is 0 Å². The van der Waals surface area contributed by atoms with Crippen molar-refractivity contribution in [1.29, 1.82) is 0 Å². The van der Waals surface area contributed by atoms with Crippen molar-refractivity contribution in [2.24, 2.45) is 0 Å². The third-order valence-corrected chi connectivity index (χ3v) is 2.28. The molecule has 0 aliphatic rings. The van der Waals surface area contributed by atoms with Gasteiger partial charge in [-0.25, -0.2) is 0 Å². The molecule has 0 heterocycles. The molecule has 0 aliphatic carbocycles. The van der Waals surface area contributed by atoms with Crippen LogP contribution in [0.2, 0.25) is 0 Å². The van der Waals surface area contributed by atoms with Crippen LogP contribution in [0.3, 0.4) is 0 Å². The smallest absolute Gasteiger partial charge is 0.0801 e. The number of rotatable bonds is 8. The monoisotopic (exact) mass is 236 g/mol. The molecule has 0 aromatic rings. The molecular formula is C12H28O4. The zero-order valence-electron chi connectivity index (χ0n) is 11.6. The Kier molecular flexibility index (Phi) is 16.9. The predicted octanol–water partition coefficient (Wildman–Crippen LogP) is 2.12. The predicted molar refractivity (Wildman–Crippen MR) is 65.9 cm³/mol. The number of hydrogen-bond acceptors (Lipinski definition) is 4. The molecule has 16 heavy (non-hydrogen) atoms. The summed E-state index contributed by atoms with van der Waals surface area (Å²) in [5, 5.41) is 0. The van der Waals surface area contributed by atoms with Crippen LogP contribution in [0.25, 0.3) is 0 Å². The van der Waals surface area contributed by atoms with Crippen LogP contribution in [-0.4, -0.2) is 53.9 Å². The van der Waals surface area contributed by atoms with E-state index in [4.69, 9.17) is 18.9 Å². The zero-order chi connectivity index (χ0) is 12.8. The summed E-state index contributed by atoms with van der Waals surface area (Å²) in [7, 11) is 6.77. The lowest BCUT2D eigenvalue weighted by Gasteiger charge is -2.09. The molecule has 0 rings (SSSR count). The molecule has 0 saturated heterocycles. The summed E-state index contributed by atoms with van der Waals surface area (Å²) in [6, 6.07) is 0. The normalized spacial score (nSPS) is 13.9. The van der Waals surface area contributed by atoms with Crippen molar-refractivity contribution < 1.29 is 18.9 Å². The second-order valence-electron chi connectivity index (χ2n) is 3.44. The molecule has 0 radical (unpaired) electrons. The number of ether oxygens (including phenoxy) is 4. The maximum absolute atomic E-state index is 5.01. The van der Waals surface area contributed by atoms with Crippen LogP contribution < -0.4 is 0 Å². The van der Waals surface area contributed by atoms with Gasteiger partial charge in [0.15, 0.2) is 0 Å². The molecule has 0 saturated carbocycles. The highest BCUT2D eigenvalue weighted by Gasteiger charge is 2.00. The van der Waals surface area contributed by atoms with Gasteiger partial charge >= 0.3 is 0 Å². The second kappa shape index (κ2) is 14.8. The van der Waals surface area contributed by atoms with E-state index in [1.54, 1.807) is 28.4 Å². The first kappa shape index (κ1) is 18.2. The number of methoxy groups -OCH3 is 4. The van der Waals surface area contributed by atoms with Crippen molar-refractivity contribution in [3.63, 3.8) is 0 Å². The minimum absolute atomic E-state index is 0.278. The Morgan fingerprint density at radius 3 is 1.06 bits per heavy atom. The van der Waals surface area contributed by atoms with Crippen LogP contribution in [0.5, 0.6) is 0 Å². The van der Waals surface area contributed by atoms with E-state index >= 15 is 0 Å². The first-order valence-corrected chi connectivity index (χ1v) is 5.73. The average molecular weight is 236 g/mol. The van der Waals surface area contributed by atoms with E-state index in [9.17, 15) is 0 Å². The van der Waals surface area contributed by atoms with Gasteiger partial charge in [0.25, 0.3) is 0 Å². The highest BCUT2D eigenvalue weighted by Crippen LogP contribution is 1.94. The Bertz CT molecular complexity index is 97.6. The summed E-state index contributed by atoms with van der Waals surface area (Å²) in [6.07, 6.45) is 2.59. The summed E-state index contributed by atoms with van der Waals surface area (Å²) >= 11 is 0. The fourth-order valence-electron chi connectivity index (χ4n) is 1.08. The zero-order valence-corrected chi connectivity index (χ0v) is 11.6. The Morgan fingerprint density at radius 2 is 1.00 bits per heavy atom. The fraction of sp³-hybridized carbons (Fsp3) is 1.00. The van der Waals surface area contributed by atoms with E-state index in [1.807, 2.05) is 0 Å². The van der Waals surface area contributed by atoms with Crippen LogP contribution in [0.4, 0.5) is 0 Å². The summed E-state index contributed by atoms with van der Waals surface area (Å²) in [5.74, 6) is 0. The largest absolute Gasteiger partial charge is 0.382 e. The minimum atomic E-state index is 0.278. The van der Waals surface area contributed by atoms with E-state index in [0.717, 1.165) is 12.8 Å². The van der Waals surface area contributed by atoms with Gasteiger partial charge < -0.3 is 18.9 Å². The van der Waals surface area contributed by atoms with Crippen LogP contribution in [0, 0.1) is 0 Å². The molecule has 2 atom stereocenters. The van der Waals surface area contributed by atoms with Crippen molar-refractivity contribution in [3.8, 4) is 0 Å². The fourth-order valence-corrected chi connectivity index (χ4v) is 1.08. The van der Waals surface area contributed by atoms with E-state index in [2.05, 4.69) is 13.8 Å². The molecule has 0 aromatic heterocycles. The van der Waals surface area contributed by atoms with Gasteiger partial charge in [0, 0.05) is 28.4 Å². The molecular weight excluding hydrogens is 208 g/mol. The lowest BCUT2D eigenvalue weighted by atomic mass is 10.3. The summed E-state index contributed by atoms with van der Waals surface area (Å²) in [4.78, 5) is 0. The van der Waals surface area contributed by atoms with Crippen LogP contribution in [-0.2, 0) is 18.9 Å². The quantitative estimate of drug-likeness (QED) is 0.647. The van der Waals surface area contributed by atoms with Crippen molar-refractivity contribution >= 4 is 0 Å². The van der Waals surface area contributed by atoms with Crippen molar-refractivity contribution in [3.05, 3.63) is 0 Å². The Morgan fingerprint density at radius 1 is 0.688 bits per heavy atom. The van der Waals surface area contributed by atoms with Gasteiger partial charge in [0.05, 0.1) is 25.4 Å². The van der Waals surface area contributed by atoms with Gasteiger partial charge in [-0.05, 0) is 12.8 Å². The van der Waals surface area contributed by atoms with Gasteiger partial charge in [-0.3, -0.25) is 0 Å². The van der Waals surface area contributed by atoms with E-state index in [1.165, 1.54) is 0 Å². The highest BCUT2D eigenvalue weighted by atomic mass is 16.5. The molecule has 4 nitrogen and oxygen atoms in total. The number of hydrogen-bond donors (Lipinski definition) is 0. The Hall–Kier alpha value is -0.160. The second-order valence-corrected chi connectivity index (χ2v) is 3.44. The maximum Gasteiger partial charge on any atom is 0.0801 e. The van der Waals surface area contributed by atoms with Gasteiger partial charge in [-0.15, -0.1) is 0 Å². The van der Waals surface area contributed by atoms with E-state index in [0.29, 0.717) is 13.2 Å². The first-order valence-electron chi connectivity index (χ1n) is 5.73. The average Bonchev–Trinajstić information content (AvgIpc) is 2.33. The van der Waals surface area contributed by atoms with Gasteiger partial charge in [0.1, 0.15) is 0 Å². The van der Waals surface area contributed by atoms with Gasteiger partial charge in [-0.2, -0.15) is 0 Å². The molecule has 0 aliphatic heterocycles. The van der Waals surface area contributed by atoms with Crippen molar-refractivity contribution in [2.75, 3.05) is 41.7 Å². The lowest BCUT2D eigenvalue weighted by Crippen LogP contribution is -2.15. The summed E-state index contributed by atoms with van der Waals surface area (Å²) < 4.78 is 19.8. The SMILES string of the molecule is CCC(COC)OC.CCC(COC)OC. The lowest BCUT2D eigenvalue weighted by molar-refractivity contribution is 0.0265. The Labute approximate surface area is 100 Å². The molecule has 100 valence electrons. The summed E-state index contributed by atoms with van der Waals surface area (Å²) in [6.45, 7) is 5.56. The van der Waals surface area contributed by atoms with E-state index in [-0.39, 0.29) is 12.2 Å². The van der Waals surface area contributed by atoms with Crippen LogP contribution >= 0.6 is 0 Å². The highest BCUT2D eigenvalue weighted by molar-refractivity contribution is 4.50. The van der Waals surface area contributed by atoms with Crippen molar-refractivity contribution in [2.45, 2.75) is 38.9 Å². The van der Waals surface area contributed by atoms with Crippen molar-refractivity contribution in [1.82, 2.24) is 0 Å². The van der Waals surface area contributed by atoms with Gasteiger partial charge in [-0.1, -0.05) is 13.8 Å². The molecule has 2 unspecified atom stereocenters. The molecule has 0 bridgehead atoms. The van der Waals surface area contributed by atoms with Crippen LogP contribution in [0.1, 0.15) is 26.7 Å². The molecule has 0 fully saturated rings. The topological polar surface area (TPSA) is 36.9 Å². The summed E-state index contributed by atoms with van der Waals surface area (Å²) in [5.41, 5.74) is 0. The molecule has 0 spiro atoms. The standard InChI is InChI=1S/2C6H14O2/c2*1-4-6(8-3)5-7-2/h2*6H,4-5H2,1-3H3. The van der Waals surface area contributed by atoms with Crippen LogP contribution in [0.15, 0.2) is 0 Å². The minimum Gasteiger partial charge on any atom is -0.382 e. The third-order valence-electron chi connectivity index (χ3n) is 2.28. The Balaban J connectivity index is 0. The third kappa shape index (κ3) is 11.9.